The molecule has 0 bridgehead atoms. The van der Waals surface area contributed by atoms with Crippen LogP contribution >= 0.6 is 34.8 Å². The van der Waals surface area contributed by atoms with Gasteiger partial charge in [-0.2, -0.15) is 4.98 Å². The van der Waals surface area contributed by atoms with Crippen LogP contribution in [0.4, 0.5) is 17.2 Å². The van der Waals surface area contributed by atoms with Gasteiger partial charge in [0.15, 0.2) is 0 Å². The molecule has 0 spiro atoms. The first-order valence-electron chi connectivity index (χ1n) is 7.92. The predicted octanol–water partition coefficient (Wildman–Crippen LogP) is 6.50. The second-order valence-electron chi connectivity index (χ2n) is 5.86. The molecule has 0 atom stereocenters. The molecule has 0 radical (unpaired) electrons. The Kier molecular flexibility index (Phi) is 5.88. The number of benzene rings is 2. The van der Waals surface area contributed by atoms with Gasteiger partial charge in [-0.3, -0.25) is 10.1 Å². The van der Waals surface area contributed by atoms with Crippen molar-refractivity contribution in [3.05, 3.63) is 73.0 Å². The third-order valence-electron chi connectivity index (χ3n) is 3.78. The van der Waals surface area contributed by atoms with Crippen molar-refractivity contribution >= 4 is 52.0 Å². The second kappa shape index (κ2) is 8.18. The molecule has 10 heteroatoms. The highest BCUT2D eigenvalue weighted by molar-refractivity contribution is 6.42. The molecule has 2 aromatic carbocycles. The zero-order valence-electron chi connectivity index (χ0n) is 14.7. The maximum Gasteiger partial charge on any atom is 0.373 e. The van der Waals surface area contributed by atoms with Crippen LogP contribution in [-0.4, -0.2) is 14.9 Å². The number of aryl methyl sites for hydroxylation is 2. The summed E-state index contributed by atoms with van der Waals surface area (Å²) in [7, 11) is 0. The molecule has 7 nitrogen and oxygen atoms in total. The van der Waals surface area contributed by atoms with Crippen LogP contribution in [0.15, 0.2) is 36.7 Å². The van der Waals surface area contributed by atoms with Crippen LogP contribution in [0.25, 0.3) is 0 Å². The van der Waals surface area contributed by atoms with E-state index in [1.807, 2.05) is 13.8 Å². The van der Waals surface area contributed by atoms with Crippen molar-refractivity contribution in [3.63, 3.8) is 0 Å². The zero-order chi connectivity index (χ0) is 20.4. The Morgan fingerprint density at radius 1 is 1.04 bits per heavy atom. The van der Waals surface area contributed by atoms with Gasteiger partial charge in [0.2, 0.25) is 5.82 Å². The van der Waals surface area contributed by atoms with E-state index in [1.54, 1.807) is 24.3 Å². The third-order valence-corrected chi connectivity index (χ3v) is 5.11. The summed E-state index contributed by atoms with van der Waals surface area (Å²) in [6, 6.07) is 8.06. The molecule has 0 saturated carbocycles. The predicted molar refractivity (Wildman–Crippen MR) is 109 cm³/mol. The normalized spacial score (nSPS) is 10.6. The van der Waals surface area contributed by atoms with Gasteiger partial charge in [-0.15, -0.1) is 0 Å². The molecule has 3 rings (SSSR count). The van der Waals surface area contributed by atoms with Gasteiger partial charge >= 0.3 is 11.6 Å². The standard InChI is InChI=1S/C18H13Cl3N4O3/c1-9-5-12(6-10(2)15(9)21)28-18-16(25(26)27)17(22-8-23-18)24-11-3-4-13(19)14(20)7-11/h3-8H,1-2H3,(H,22,23,24). The fourth-order valence-electron chi connectivity index (χ4n) is 2.48. The van der Waals surface area contributed by atoms with Crippen molar-refractivity contribution in [3.8, 4) is 11.6 Å². The van der Waals surface area contributed by atoms with Gasteiger partial charge in [0.25, 0.3) is 0 Å². The summed E-state index contributed by atoms with van der Waals surface area (Å²) >= 11 is 18.0. The van der Waals surface area contributed by atoms with E-state index in [9.17, 15) is 10.1 Å². The molecule has 144 valence electrons. The van der Waals surface area contributed by atoms with E-state index < -0.39 is 10.6 Å². The molecule has 1 N–H and O–H groups in total. The molecule has 0 amide bonds. The van der Waals surface area contributed by atoms with E-state index in [4.69, 9.17) is 39.5 Å². The molecule has 0 unspecified atom stereocenters. The van der Waals surface area contributed by atoms with Gasteiger partial charge in [0.05, 0.1) is 15.0 Å². The Labute approximate surface area is 175 Å². The molecule has 0 saturated heterocycles. The minimum absolute atomic E-state index is 0.0456. The molecular weight excluding hydrogens is 427 g/mol. The van der Waals surface area contributed by atoms with E-state index in [2.05, 4.69) is 15.3 Å². The van der Waals surface area contributed by atoms with Gasteiger partial charge in [0.1, 0.15) is 12.1 Å². The van der Waals surface area contributed by atoms with E-state index in [0.717, 1.165) is 17.5 Å². The fourth-order valence-corrected chi connectivity index (χ4v) is 2.89. The summed E-state index contributed by atoms with van der Waals surface area (Å²) in [5, 5.41) is 15.8. The Hall–Kier alpha value is -2.61. The number of rotatable bonds is 5. The largest absolute Gasteiger partial charge is 0.434 e. The highest BCUT2D eigenvalue weighted by Gasteiger charge is 2.25. The van der Waals surface area contributed by atoms with Crippen molar-refractivity contribution < 1.29 is 9.66 Å². The molecule has 1 heterocycles. The Balaban J connectivity index is 2.00. The lowest BCUT2D eigenvalue weighted by Gasteiger charge is -2.11. The van der Waals surface area contributed by atoms with Crippen molar-refractivity contribution in [2.24, 2.45) is 0 Å². The summed E-state index contributed by atoms with van der Waals surface area (Å²) in [6.07, 6.45) is 1.16. The number of nitrogens with one attached hydrogen (secondary N) is 1. The fraction of sp³-hybridized carbons (Fsp3) is 0.111. The van der Waals surface area contributed by atoms with E-state index in [1.165, 1.54) is 6.07 Å². The summed E-state index contributed by atoms with van der Waals surface area (Å²) < 4.78 is 5.67. The van der Waals surface area contributed by atoms with Crippen molar-refractivity contribution in [2.75, 3.05) is 5.32 Å². The van der Waals surface area contributed by atoms with Crippen LogP contribution in [0.3, 0.4) is 0 Å². The highest BCUT2D eigenvalue weighted by Crippen LogP contribution is 2.37. The number of anilines is 2. The first kappa shape index (κ1) is 20.1. The summed E-state index contributed by atoms with van der Waals surface area (Å²) in [4.78, 5) is 18.9. The third kappa shape index (κ3) is 4.27. The zero-order valence-corrected chi connectivity index (χ0v) is 16.9. The maximum absolute atomic E-state index is 11.7. The van der Waals surface area contributed by atoms with Crippen molar-refractivity contribution in [2.45, 2.75) is 13.8 Å². The van der Waals surface area contributed by atoms with Gasteiger partial charge in [0, 0.05) is 10.7 Å². The van der Waals surface area contributed by atoms with Gasteiger partial charge in [-0.25, -0.2) is 4.98 Å². The topological polar surface area (TPSA) is 90.2 Å². The van der Waals surface area contributed by atoms with Crippen molar-refractivity contribution in [1.82, 2.24) is 9.97 Å². The maximum atomic E-state index is 11.7. The lowest BCUT2D eigenvalue weighted by Crippen LogP contribution is -2.03. The van der Waals surface area contributed by atoms with Crippen LogP contribution in [0, 0.1) is 24.0 Å². The molecule has 1 aromatic heterocycles. The monoisotopic (exact) mass is 438 g/mol. The second-order valence-corrected chi connectivity index (χ2v) is 7.05. The van der Waals surface area contributed by atoms with Gasteiger partial charge in [-0.1, -0.05) is 34.8 Å². The molecule has 0 aliphatic rings. The minimum Gasteiger partial charge on any atom is -0.434 e. The molecule has 0 fully saturated rings. The van der Waals surface area contributed by atoms with Crippen LogP contribution in [0.1, 0.15) is 11.1 Å². The summed E-state index contributed by atoms with van der Waals surface area (Å²) in [5.74, 6) is 0.126. The Bertz CT molecular complexity index is 1050. The molecule has 0 aliphatic carbocycles. The summed E-state index contributed by atoms with van der Waals surface area (Å²) in [6.45, 7) is 3.63. The average Bonchev–Trinajstić information content (AvgIpc) is 2.62. The van der Waals surface area contributed by atoms with Gasteiger partial charge < -0.3 is 10.1 Å². The Morgan fingerprint density at radius 3 is 2.32 bits per heavy atom. The molecule has 0 aliphatic heterocycles. The van der Waals surface area contributed by atoms with Crippen molar-refractivity contribution in [1.29, 1.82) is 0 Å². The molecular formula is C18H13Cl3N4O3. The molecule has 28 heavy (non-hydrogen) atoms. The van der Waals surface area contributed by atoms with Crippen LogP contribution in [0.5, 0.6) is 11.6 Å². The number of halogens is 3. The van der Waals surface area contributed by atoms with Crippen LogP contribution in [0.2, 0.25) is 15.1 Å². The lowest BCUT2D eigenvalue weighted by molar-refractivity contribution is -0.385. The number of hydrogen-bond acceptors (Lipinski definition) is 6. The van der Waals surface area contributed by atoms with Crippen LogP contribution in [-0.2, 0) is 0 Å². The van der Waals surface area contributed by atoms with Gasteiger partial charge in [-0.05, 0) is 55.3 Å². The quantitative estimate of drug-likeness (QED) is 0.360. The lowest BCUT2D eigenvalue weighted by atomic mass is 10.1. The number of ether oxygens (including phenoxy) is 1. The van der Waals surface area contributed by atoms with E-state index >= 15 is 0 Å². The number of nitrogens with zero attached hydrogens (tertiary/aromatic N) is 3. The van der Waals surface area contributed by atoms with Crippen LogP contribution < -0.4 is 10.1 Å². The van der Waals surface area contributed by atoms with E-state index in [0.29, 0.717) is 26.5 Å². The van der Waals surface area contributed by atoms with E-state index in [-0.39, 0.29) is 11.7 Å². The Morgan fingerprint density at radius 2 is 1.71 bits per heavy atom. The first-order chi connectivity index (χ1) is 13.3. The SMILES string of the molecule is Cc1cc(Oc2ncnc(Nc3ccc(Cl)c(Cl)c3)c2[N+](=O)[O-])cc(C)c1Cl. The first-order valence-corrected chi connectivity index (χ1v) is 9.05. The minimum atomic E-state index is -0.620. The number of hydrogen-bond donors (Lipinski definition) is 1. The highest BCUT2D eigenvalue weighted by atomic mass is 35.5. The summed E-state index contributed by atoms with van der Waals surface area (Å²) in [5.41, 5.74) is 1.62. The number of aromatic nitrogens is 2. The molecule has 3 aromatic rings. The average molecular weight is 440 g/mol. The number of nitro groups is 1. The smallest absolute Gasteiger partial charge is 0.373 e.